The first kappa shape index (κ1) is 20.7. The third-order valence-corrected chi connectivity index (χ3v) is 7.71. The SMILES string of the molecule is CCOc1ccc2nc(NC(=O)C3CCCN(S(=O)(=O)c4cccnc4)C3)sc2c1. The number of rotatable bonds is 6. The van der Waals surface area contributed by atoms with E-state index in [1.165, 1.54) is 34.1 Å². The number of sulfonamides is 1. The smallest absolute Gasteiger partial charge is 0.244 e. The summed E-state index contributed by atoms with van der Waals surface area (Å²) in [4.78, 5) is 21.3. The Bertz CT molecular complexity index is 1150. The highest BCUT2D eigenvalue weighted by Gasteiger charge is 2.33. The molecule has 30 heavy (non-hydrogen) atoms. The van der Waals surface area contributed by atoms with E-state index in [0.29, 0.717) is 31.1 Å². The lowest BCUT2D eigenvalue weighted by Crippen LogP contribution is -2.43. The van der Waals surface area contributed by atoms with Crippen molar-refractivity contribution in [2.24, 2.45) is 5.92 Å². The maximum absolute atomic E-state index is 12.8. The molecule has 1 aromatic carbocycles. The number of anilines is 1. The first-order chi connectivity index (χ1) is 14.5. The normalized spacial score (nSPS) is 17.7. The van der Waals surface area contributed by atoms with Gasteiger partial charge < -0.3 is 10.1 Å². The van der Waals surface area contributed by atoms with Crippen molar-refractivity contribution in [3.8, 4) is 5.75 Å². The van der Waals surface area contributed by atoms with Crippen LogP contribution in [0.1, 0.15) is 19.8 Å². The number of hydrogen-bond donors (Lipinski definition) is 1. The molecule has 1 amide bonds. The Labute approximate surface area is 179 Å². The number of nitrogens with one attached hydrogen (secondary N) is 1. The van der Waals surface area contributed by atoms with Gasteiger partial charge >= 0.3 is 0 Å². The summed E-state index contributed by atoms with van der Waals surface area (Å²) < 4.78 is 33.5. The highest BCUT2D eigenvalue weighted by atomic mass is 32.2. The van der Waals surface area contributed by atoms with Gasteiger partial charge in [0, 0.05) is 25.5 Å². The Morgan fingerprint density at radius 1 is 1.37 bits per heavy atom. The minimum atomic E-state index is -3.67. The molecule has 158 valence electrons. The van der Waals surface area contributed by atoms with E-state index in [0.717, 1.165) is 16.0 Å². The molecule has 0 saturated carbocycles. The number of nitrogens with zero attached hydrogens (tertiary/aromatic N) is 3. The quantitative estimate of drug-likeness (QED) is 0.624. The molecular weight excluding hydrogens is 424 g/mol. The molecule has 3 heterocycles. The van der Waals surface area contributed by atoms with Crippen LogP contribution in [0.25, 0.3) is 10.2 Å². The lowest BCUT2D eigenvalue weighted by atomic mass is 9.99. The average molecular weight is 447 g/mol. The molecule has 1 aliphatic heterocycles. The zero-order valence-electron chi connectivity index (χ0n) is 16.4. The zero-order valence-corrected chi connectivity index (χ0v) is 18.1. The molecule has 1 saturated heterocycles. The van der Waals surface area contributed by atoms with E-state index in [1.54, 1.807) is 6.07 Å². The number of amides is 1. The van der Waals surface area contributed by atoms with Gasteiger partial charge in [0.25, 0.3) is 0 Å². The summed E-state index contributed by atoms with van der Waals surface area (Å²) in [6.45, 7) is 3.03. The second kappa shape index (κ2) is 8.66. The summed E-state index contributed by atoms with van der Waals surface area (Å²) in [6.07, 6.45) is 4.11. The van der Waals surface area contributed by atoms with Crippen molar-refractivity contribution in [2.75, 3.05) is 25.0 Å². The standard InChI is InChI=1S/C20H22N4O4S2/c1-2-28-15-7-8-17-18(11-15)29-20(22-17)23-19(25)14-5-4-10-24(13-14)30(26,27)16-6-3-9-21-12-16/h3,6-9,11-12,14H,2,4-5,10,13H2,1H3,(H,22,23,25). The van der Waals surface area contributed by atoms with Crippen LogP contribution < -0.4 is 10.1 Å². The number of piperidine rings is 1. The molecular formula is C20H22N4O4S2. The molecule has 1 unspecified atom stereocenters. The summed E-state index contributed by atoms with van der Waals surface area (Å²) >= 11 is 1.37. The number of pyridine rings is 1. The van der Waals surface area contributed by atoms with Crippen LogP contribution in [0.4, 0.5) is 5.13 Å². The van der Waals surface area contributed by atoms with Crippen molar-refractivity contribution in [3.05, 3.63) is 42.7 Å². The maximum Gasteiger partial charge on any atom is 0.244 e. The number of carbonyl (C=O) groups is 1. The molecule has 4 rings (SSSR count). The first-order valence-corrected chi connectivity index (χ1v) is 12.0. The molecule has 3 aromatic rings. The number of aromatic nitrogens is 2. The van der Waals surface area contributed by atoms with Gasteiger partial charge in [-0.3, -0.25) is 9.78 Å². The zero-order chi connectivity index (χ0) is 21.1. The summed E-state index contributed by atoms with van der Waals surface area (Å²) in [6, 6.07) is 8.71. The fourth-order valence-electron chi connectivity index (χ4n) is 3.45. The summed E-state index contributed by atoms with van der Waals surface area (Å²) in [5, 5.41) is 3.35. The molecule has 1 N–H and O–H groups in total. The Balaban J connectivity index is 1.46. The highest BCUT2D eigenvalue weighted by Crippen LogP contribution is 2.30. The predicted molar refractivity (Wildman–Crippen MR) is 115 cm³/mol. The van der Waals surface area contributed by atoms with Crippen LogP contribution in [0, 0.1) is 5.92 Å². The lowest BCUT2D eigenvalue weighted by molar-refractivity contribution is -0.120. The van der Waals surface area contributed by atoms with E-state index >= 15 is 0 Å². The second-order valence-electron chi connectivity index (χ2n) is 6.96. The van der Waals surface area contributed by atoms with Gasteiger partial charge in [0.1, 0.15) is 10.6 Å². The van der Waals surface area contributed by atoms with Crippen LogP contribution in [0.15, 0.2) is 47.6 Å². The maximum atomic E-state index is 12.8. The van der Waals surface area contributed by atoms with Gasteiger partial charge in [0.05, 0.1) is 22.7 Å². The van der Waals surface area contributed by atoms with E-state index < -0.39 is 15.9 Å². The summed E-state index contributed by atoms with van der Waals surface area (Å²) in [5.41, 5.74) is 0.781. The molecule has 2 aromatic heterocycles. The first-order valence-electron chi connectivity index (χ1n) is 9.72. The number of benzene rings is 1. The minimum absolute atomic E-state index is 0.141. The molecule has 1 fully saturated rings. The Morgan fingerprint density at radius 3 is 3.00 bits per heavy atom. The fourth-order valence-corrected chi connectivity index (χ4v) is 5.83. The molecule has 10 heteroatoms. The molecule has 0 bridgehead atoms. The van der Waals surface area contributed by atoms with E-state index in [-0.39, 0.29) is 17.3 Å². The molecule has 1 atom stereocenters. The number of carbonyl (C=O) groups excluding carboxylic acids is 1. The molecule has 1 aliphatic rings. The van der Waals surface area contributed by atoms with Crippen molar-refractivity contribution >= 4 is 42.6 Å². The van der Waals surface area contributed by atoms with Gasteiger partial charge in [-0.05, 0) is 50.1 Å². The molecule has 0 spiro atoms. The van der Waals surface area contributed by atoms with Crippen LogP contribution in [0.3, 0.4) is 0 Å². The predicted octanol–water partition coefficient (Wildman–Crippen LogP) is 3.13. The molecule has 0 aliphatic carbocycles. The summed E-state index contributed by atoms with van der Waals surface area (Å²) in [5.74, 6) is 0.108. The third-order valence-electron chi connectivity index (χ3n) is 4.93. The van der Waals surface area contributed by atoms with Crippen LogP contribution in [-0.2, 0) is 14.8 Å². The van der Waals surface area contributed by atoms with E-state index in [2.05, 4.69) is 15.3 Å². The Hall–Kier alpha value is -2.56. The van der Waals surface area contributed by atoms with Crippen molar-refractivity contribution < 1.29 is 17.9 Å². The highest BCUT2D eigenvalue weighted by molar-refractivity contribution is 7.89. The van der Waals surface area contributed by atoms with Crippen molar-refractivity contribution in [2.45, 2.75) is 24.7 Å². The van der Waals surface area contributed by atoms with Crippen LogP contribution in [-0.4, -0.2) is 48.3 Å². The Morgan fingerprint density at radius 2 is 2.23 bits per heavy atom. The van der Waals surface area contributed by atoms with Gasteiger partial charge in [0.15, 0.2) is 5.13 Å². The van der Waals surface area contributed by atoms with Crippen LogP contribution in [0.5, 0.6) is 5.75 Å². The number of fused-ring (bicyclic) bond motifs is 1. The topological polar surface area (TPSA) is 101 Å². The van der Waals surface area contributed by atoms with Gasteiger partial charge in [0.2, 0.25) is 15.9 Å². The van der Waals surface area contributed by atoms with Gasteiger partial charge in [-0.15, -0.1) is 0 Å². The third kappa shape index (κ3) is 4.30. The van der Waals surface area contributed by atoms with Crippen molar-refractivity contribution in [3.63, 3.8) is 0 Å². The lowest BCUT2D eigenvalue weighted by Gasteiger charge is -2.30. The fraction of sp³-hybridized carbons (Fsp3) is 0.350. The van der Waals surface area contributed by atoms with Gasteiger partial charge in [-0.25, -0.2) is 13.4 Å². The van der Waals surface area contributed by atoms with E-state index in [4.69, 9.17) is 4.74 Å². The number of hydrogen-bond acceptors (Lipinski definition) is 7. The molecule has 8 nitrogen and oxygen atoms in total. The number of thiazole rings is 1. The summed E-state index contributed by atoms with van der Waals surface area (Å²) in [7, 11) is -3.67. The molecule has 0 radical (unpaired) electrons. The van der Waals surface area contributed by atoms with E-state index in [9.17, 15) is 13.2 Å². The van der Waals surface area contributed by atoms with Gasteiger partial charge in [-0.2, -0.15) is 4.31 Å². The number of ether oxygens (including phenoxy) is 1. The average Bonchev–Trinajstić information content (AvgIpc) is 3.16. The van der Waals surface area contributed by atoms with Gasteiger partial charge in [-0.1, -0.05) is 11.3 Å². The van der Waals surface area contributed by atoms with Crippen LogP contribution in [0.2, 0.25) is 0 Å². The van der Waals surface area contributed by atoms with Crippen molar-refractivity contribution in [1.29, 1.82) is 0 Å². The van der Waals surface area contributed by atoms with Crippen LogP contribution >= 0.6 is 11.3 Å². The minimum Gasteiger partial charge on any atom is -0.494 e. The van der Waals surface area contributed by atoms with Crippen molar-refractivity contribution in [1.82, 2.24) is 14.3 Å². The monoisotopic (exact) mass is 446 g/mol. The second-order valence-corrected chi connectivity index (χ2v) is 9.93. The van der Waals surface area contributed by atoms with E-state index in [1.807, 2.05) is 25.1 Å². The Kier molecular flexibility index (Phi) is 5.98. The largest absolute Gasteiger partial charge is 0.494 e.